The highest BCUT2D eigenvalue weighted by Gasteiger charge is 2.40. The first-order valence-corrected chi connectivity index (χ1v) is 24.9. The molecule has 368 valence electrons. The molecule has 0 aliphatic carbocycles. The number of hydrogen-bond acceptors (Lipinski definition) is 9. The second kappa shape index (κ2) is 20.5. The number of cyclic esters (lactones) is 1. The molecule has 0 radical (unpaired) electrons. The average Bonchev–Trinajstić information content (AvgIpc) is 3.95. The van der Waals surface area contributed by atoms with Gasteiger partial charge >= 0.3 is 5.97 Å². The highest BCUT2D eigenvalue weighted by Crippen LogP contribution is 2.41. The van der Waals surface area contributed by atoms with Gasteiger partial charge in [-0.3, -0.25) is 29.0 Å². The van der Waals surface area contributed by atoms with Crippen LogP contribution in [0, 0.1) is 17.3 Å². The summed E-state index contributed by atoms with van der Waals surface area (Å²) in [6.45, 7) is 17.7. The largest absolute Gasteiger partial charge is 0.508 e. The number of hydrazine groups is 1. The van der Waals surface area contributed by atoms with Crippen LogP contribution in [-0.2, 0) is 48.1 Å². The van der Waals surface area contributed by atoms with Crippen molar-refractivity contribution in [3.05, 3.63) is 90.0 Å². The smallest absolute Gasteiger partial charge is 0.324 e. The molecular weight excluding hydrogens is 871 g/mol. The van der Waals surface area contributed by atoms with Crippen LogP contribution >= 0.6 is 0 Å². The zero-order valence-corrected chi connectivity index (χ0v) is 41.6. The lowest BCUT2D eigenvalue weighted by Gasteiger charge is -2.37. The number of carbonyl (C=O) groups excluding carboxylic acids is 5. The van der Waals surface area contributed by atoms with Crippen molar-refractivity contribution in [2.24, 2.45) is 17.3 Å². The van der Waals surface area contributed by atoms with Gasteiger partial charge in [0.05, 0.1) is 18.2 Å². The van der Waals surface area contributed by atoms with Crippen LogP contribution in [0.2, 0.25) is 0 Å². The molecule has 6 bridgehead atoms. The predicted octanol–water partition coefficient (Wildman–Crippen LogP) is 6.68. The van der Waals surface area contributed by atoms with E-state index in [0.29, 0.717) is 50.3 Å². The van der Waals surface area contributed by atoms with E-state index < -0.39 is 47.2 Å². The summed E-state index contributed by atoms with van der Waals surface area (Å²) in [6.07, 6.45) is 5.58. The second-order valence-electron chi connectivity index (χ2n) is 21.0. The average molecular weight is 942 g/mol. The number of fused-ring (bicyclic) bond motifs is 6. The van der Waals surface area contributed by atoms with Gasteiger partial charge in [0.15, 0.2) is 0 Å². The number of likely N-dealkylation sites (N-methyl/N-ethyl adjacent to an activating group) is 1. The topological polar surface area (TPSA) is 157 Å². The van der Waals surface area contributed by atoms with E-state index >= 15 is 0 Å². The molecule has 1 unspecified atom stereocenters. The van der Waals surface area contributed by atoms with Crippen molar-refractivity contribution in [1.29, 1.82) is 0 Å². The van der Waals surface area contributed by atoms with E-state index in [1.807, 2.05) is 19.9 Å². The maximum Gasteiger partial charge on any atom is 0.324 e. The van der Waals surface area contributed by atoms with Gasteiger partial charge in [-0.2, -0.15) is 0 Å². The number of nitrogens with one attached hydrogen (secondary N) is 2. The van der Waals surface area contributed by atoms with Crippen molar-refractivity contribution in [3.63, 3.8) is 0 Å². The molecule has 3 N–H and O–H groups in total. The number of phenols is 1. The number of ether oxygens (including phenoxy) is 1. The summed E-state index contributed by atoms with van der Waals surface area (Å²) in [4.78, 5) is 74.9. The molecule has 8 rings (SSSR count). The van der Waals surface area contributed by atoms with E-state index in [1.54, 1.807) is 24.1 Å². The van der Waals surface area contributed by atoms with Crippen molar-refractivity contribution < 1.29 is 33.8 Å². The molecule has 5 heterocycles. The molecule has 14 nitrogen and oxygen atoms in total. The van der Waals surface area contributed by atoms with Crippen molar-refractivity contribution in [2.45, 2.75) is 110 Å². The van der Waals surface area contributed by atoms with Gasteiger partial charge in [-0.15, -0.1) is 0 Å². The van der Waals surface area contributed by atoms with Crippen molar-refractivity contribution in [3.8, 4) is 28.1 Å². The predicted molar refractivity (Wildman–Crippen MR) is 268 cm³/mol. The van der Waals surface area contributed by atoms with Gasteiger partial charge in [-0.25, -0.2) is 5.43 Å². The lowest BCUT2D eigenvalue weighted by Crippen LogP contribution is -2.62. The van der Waals surface area contributed by atoms with E-state index in [0.717, 1.165) is 71.3 Å². The Morgan fingerprint density at radius 1 is 0.957 bits per heavy atom. The monoisotopic (exact) mass is 942 g/mol. The Bertz CT molecular complexity index is 2590. The number of nitrogens with zero attached hydrogens (tertiary/aromatic N) is 5. The highest BCUT2D eigenvalue weighted by molar-refractivity contribution is 5.96. The summed E-state index contributed by atoms with van der Waals surface area (Å²) in [7, 11) is 3.78. The van der Waals surface area contributed by atoms with Crippen LogP contribution in [0.25, 0.3) is 33.3 Å². The first-order valence-electron chi connectivity index (χ1n) is 24.9. The fourth-order valence-corrected chi connectivity index (χ4v) is 11.2. The molecule has 4 aromatic rings. The van der Waals surface area contributed by atoms with E-state index in [9.17, 15) is 29.1 Å². The third-order valence-corrected chi connectivity index (χ3v) is 14.9. The number of benzene rings is 3. The summed E-state index contributed by atoms with van der Waals surface area (Å²) in [5, 5.41) is 16.8. The number of likely N-dealkylation sites (tertiary alicyclic amines) is 2. The standard InChI is InChI=1S/C55H71N7O7/c1-9-48(64)60-25-21-40(32-60)52(66)59(8)49(34(3)4)51(65)56-46-28-35-26-41(29-42(63)27-35)39-17-18-47-43(30-39)44(31-55(5,6)33-69-54(68)45-12-11-22-62(57-45)53(46)67)50(61(47)10-2)38-15-13-36(14-16-38)37-19-23-58(7)24-20-37/h9,13-18,26-27,29-30,34,37,40,45-46,49,57,63H,1,10-12,19-25,28,31-33H2,2-8H3,(H,56,65)/t40-,45-,46-,49?/m0/s1. The van der Waals surface area contributed by atoms with Gasteiger partial charge in [0.25, 0.3) is 5.91 Å². The second-order valence-corrected chi connectivity index (χ2v) is 21.0. The lowest BCUT2D eigenvalue weighted by atomic mass is 9.84. The van der Waals surface area contributed by atoms with Crippen LogP contribution in [-0.4, -0.2) is 131 Å². The maximum atomic E-state index is 14.7. The van der Waals surface area contributed by atoms with Crippen LogP contribution < -0.4 is 10.7 Å². The number of aryl methyl sites for hydroxylation is 1. The number of hydrogen-bond donors (Lipinski definition) is 3. The third-order valence-electron chi connectivity index (χ3n) is 14.9. The molecule has 4 aliphatic heterocycles. The molecule has 0 saturated carbocycles. The fourth-order valence-electron chi connectivity index (χ4n) is 11.2. The minimum atomic E-state index is -1.15. The van der Waals surface area contributed by atoms with Crippen LogP contribution in [0.3, 0.4) is 0 Å². The number of rotatable bonds is 9. The summed E-state index contributed by atoms with van der Waals surface area (Å²) in [5.41, 5.74) is 10.7. The Labute approximate surface area is 407 Å². The molecule has 4 atom stereocenters. The summed E-state index contributed by atoms with van der Waals surface area (Å²) in [6, 6.07) is 17.9. The van der Waals surface area contributed by atoms with Crippen molar-refractivity contribution in [1.82, 2.24) is 35.0 Å². The molecule has 1 aromatic heterocycles. The van der Waals surface area contributed by atoms with Gasteiger partial charge in [-0.05, 0) is 141 Å². The Kier molecular flexibility index (Phi) is 14.7. The minimum Gasteiger partial charge on any atom is -0.508 e. The summed E-state index contributed by atoms with van der Waals surface area (Å²) >= 11 is 0. The van der Waals surface area contributed by atoms with Crippen molar-refractivity contribution >= 4 is 40.5 Å². The maximum absolute atomic E-state index is 14.7. The third kappa shape index (κ3) is 10.6. The van der Waals surface area contributed by atoms with Crippen LogP contribution in [0.15, 0.2) is 73.3 Å². The van der Waals surface area contributed by atoms with E-state index in [2.05, 4.69) is 97.1 Å². The van der Waals surface area contributed by atoms with Gasteiger partial charge in [-0.1, -0.05) is 70.7 Å². The van der Waals surface area contributed by atoms with Gasteiger partial charge in [0.2, 0.25) is 17.7 Å². The number of phenolic OH excluding ortho intramolecular Hbond substituents is 1. The molecule has 3 saturated heterocycles. The normalized spacial score (nSPS) is 22.0. The Morgan fingerprint density at radius 2 is 1.68 bits per heavy atom. The number of piperidine rings is 1. The van der Waals surface area contributed by atoms with Crippen LogP contribution in [0.1, 0.15) is 89.3 Å². The molecule has 3 aromatic carbocycles. The molecule has 14 heteroatoms. The molecular formula is C55H71N7O7. The number of aromatic hydroxyl groups is 1. The Morgan fingerprint density at radius 3 is 2.38 bits per heavy atom. The van der Waals surface area contributed by atoms with Gasteiger partial charge in [0.1, 0.15) is 23.9 Å². The molecule has 3 fully saturated rings. The zero-order chi connectivity index (χ0) is 49.3. The number of aromatic nitrogens is 1. The van der Waals surface area contributed by atoms with Gasteiger partial charge in [0, 0.05) is 56.0 Å². The Balaban J connectivity index is 1.17. The first kappa shape index (κ1) is 49.4. The van der Waals surface area contributed by atoms with Crippen molar-refractivity contribution in [2.75, 3.05) is 53.4 Å². The Hall–Kier alpha value is -5.99. The highest BCUT2D eigenvalue weighted by atomic mass is 16.5. The number of carbonyl (C=O) groups is 5. The quantitative estimate of drug-likeness (QED) is 0.123. The molecule has 0 spiro atoms. The number of amides is 4. The van der Waals surface area contributed by atoms with Gasteiger partial charge < -0.3 is 34.4 Å². The lowest BCUT2D eigenvalue weighted by molar-refractivity contribution is -0.155. The fraction of sp³-hybridized carbons (Fsp3) is 0.509. The molecule has 4 amide bonds. The summed E-state index contributed by atoms with van der Waals surface area (Å²) in [5.74, 6) is -2.22. The van der Waals surface area contributed by atoms with E-state index in [1.165, 1.54) is 21.5 Å². The van der Waals surface area contributed by atoms with E-state index in [4.69, 9.17) is 4.74 Å². The minimum absolute atomic E-state index is 0.00852. The molecule has 4 aliphatic rings. The first-order chi connectivity index (χ1) is 32.9. The summed E-state index contributed by atoms with van der Waals surface area (Å²) < 4.78 is 8.52. The molecule has 69 heavy (non-hydrogen) atoms. The zero-order valence-electron chi connectivity index (χ0n) is 41.6. The van der Waals surface area contributed by atoms with Crippen LogP contribution in [0.4, 0.5) is 0 Å². The van der Waals surface area contributed by atoms with Crippen LogP contribution in [0.5, 0.6) is 5.75 Å². The number of esters is 1. The van der Waals surface area contributed by atoms with E-state index in [-0.39, 0.29) is 43.1 Å². The SMILES string of the molecule is C=CC(=O)N1CC[C@H](C(=O)N(C)C(C(=O)N[C@H]2Cc3cc(O)cc(c3)-c3ccc4c(c3)c(c(-c3ccc(C5CCN(C)CC5)cc3)n4CC)CC(C)(C)COC(=O)[C@@H]3CCCN(N3)C2=O)C(C)C)C1.